The molecule has 1 heterocycles. The number of rotatable bonds is 4. The molecule has 0 aliphatic heterocycles. The highest BCUT2D eigenvalue weighted by Gasteiger charge is 2.36. The third-order valence-corrected chi connectivity index (χ3v) is 4.84. The monoisotopic (exact) mass is 367 g/mol. The number of benzene rings is 1. The van der Waals surface area contributed by atoms with Crippen molar-refractivity contribution in [1.82, 2.24) is 10.1 Å². The van der Waals surface area contributed by atoms with Crippen LogP contribution in [0.3, 0.4) is 0 Å². The highest BCUT2D eigenvalue weighted by molar-refractivity contribution is 9.10. The van der Waals surface area contributed by atoms with Gasteiger partial charge in [-0.3, -0.25) is 0 Å². The Morgan fingerprint density at radius 3 is 2.32 bits per heavy atom. The first kappa shape index (κ1) is 15.3. The van der Waals surface area contributed by atoms with Gasteiger partial charge in [0.05, 0.1) is 19.8 Å². The Hall–Kier alpha value is -1.60. The van der Waals surface area contributed by atoms with Crippen molar-refractivity contribution in [3.63, 3.8) is 0 Å². The highest BCUT2D eigenvalue weighted by atomic mass is 79.9. The maximum absolute atomic E-state index is 6.37. The van der Waals surface area contributed by atoms with Crippen molar-refractivity contribution >= 4 is 15.9 Å². The second kappa shape index (κ2) is 5.89. The number of nitrogens with two attached hydrogens (primary N) is 1. The van der Waals surface area contributed by atoms with Gasteiger partial charge in [0.2, 0.25) is 0 Å². The van der Waals surface area contributed by atoms with E-state index >= 15 is 0 Å². The molecule has 1 aromatic carbocycles. The van der Waals surface area contributed by atoms with Gasteiger partial charge in [0.15, 0.2) is 5.82 Å². The number of hydrogen-bond acceptors (Lipinski definition) is 6. The lowest BCUT2D eigenvalue weighted by Crippen LogP contribution is -2.34. The summed E-state index contributed by atoms with van der Waals surface area (Å²) in [6.07, 6.45) is 3.97. The van der Waals surface area contributed by atoms with E-state index in [0.717, 1.165) is 35.7 Å². The van der Waals surface area contributed by atoms with Gasteiger partial charge in [-0.15, -0.1) is 0 Å². The van der Waals surface area contributed by atoms with E-state index in [9.17, 15) is 0 Å². The number of aromatic nitrogens is 2. The number of methoxy groups -OCH3 is 2. The van der Waals surface area contributed by atoms with Crippen LogP contribution in [0, 0.1) is 0 Å². The van der Waals surface area contributed by atoms with Gasteiger partial charge in [0.1, 0.15) is 16.0 Å². The van der Waals surface area contributed by atoms with Crippen LogP contribution in [-0.2, 0) is 5.54 Å². The average Bonchev–Trinajstić information content (AvgIpc) is 3.17. The van der Waals surface area contributed by atoms with Crippen LogP contribution >= 0.6 is 15.9 Å². The largest absolute Gasteiger partial charge is 0.495 e. The molecule has 22 heavy (non-hydrogen) atoms. The van der Waals surface area contributed by atoms with E-state index < -0.39 is 5.54 Å². The summed E-state index contributed by atoms with van der Waals surface area (Å²) in [5.74, 6) is 2.26. The summed E-state index contributed by atoms with van der Waals surface area (Å²) in [6.45, 7) is 0. The van der Waals surface area contributed by atoms with Gasteiger partial charge in [0, 0.05) is 5.56 Å². The fourth-order valence-corrected chi connectivity index (χ4v) is 3.32. The molecule has 1 saturated carbocycles. The molecule has 0 unspecified atom stereocenters. The molecule has 0 saturated heterocycles. The molecule has 3 rings (SSSR count). The lowest BCUT2D eigenvalue weighted by molar-refractivity contribution is 0.371. The molecule has 2 aromatic rings. The van der Waals surface area contributed by atoms with Gasteiger partial charge in [0.25, 0.3) is 5.89 Å². The molecular weight excluding hydrogens is 350 g/mol. The normalized spacial score (nSPS) is 16.7. The first-order valence-corrected chi connectivity index (χ1v) is 7.91. The molecule has 1 aliphatic rings. The van der Waals surface area contributed by atoms with E-state index in [0.29, 0.717) is 23.2 Å². The van der Waals surface area contributed by atoms with Crippen molar-refractivity contribution in [1.29, 1.82) is 0 Å². The van der Waals surface area contributed by atoms with Crippen molar-refractivity contribution in [3.8, 4) is 23.0 Å². The summed E-state index contributed by atoms with van der Waals surface area (Å²) >= 11 is 3.44. The van der Waals surface area contributed by atoms with Gasteiger partial charge in [-0.2, -0.15) is 4.98 Å². The summed E-state index contributed by atoms with van der Waals surface area (Å²) in [6, 6.07) is 3.64. The fourth-order valence-electron chi connectivity index (χ4n) is 2.77. The second-order valence-electron chi connectivity index (χ2n) is 5.48. The van der Waals surface area contributed by atoms with Crippen molar-refractivity contribution in [2.24, 2.45) is 5.73 Å². The fraction of sp³-hybridized carbons (Fsp3) is 0.467. The number of hydrogen-bond donors (Lipinski definition) is 1. The lowest BCUT2D eigenvalue weighted by Gasteiger charge is -2.17. The van der Waals surface area contributed by atoms with Crippen LogP contribution in [0.4, 0.5) is 0 Å². The Bertz CT molecular complexity index is 655. The molecular formula is C15H18BrN3O3. The van der Waals surface area contributed by atoms with Crippen molar-refractivity contribution in [2.45, 2.75) is 31.2 Å². The predicted molar refractivity (Wildman–Crippen MR) is 84.9 cm³/mol. The van der Waals surface area contributed by atoms with Crippen LogP contribution in [0.2, 0.25) is 0 Å². The lowest BCUT2D eigenvalue weighted by atomic mass is 9.99. The van der Waals surface area contributed by atoms with Crippen molar-refractivity contribution < 1.29 is 14.0 Å². The van der Waals surface area contributed by atoms with E-state index in [2.05, 4.69) is 26.1 Å². The third kappa shape index (κ3) is 2.59. The maximum Gasteiger partial charge on any atom is 0.258 e. The minimum absolute atomic E-state index is 0.413. The summed E-state index contributed by atoms with van der Waals surface area (Å²) in [4.78, 5) is 4.49. The molecule has 7 heteroatoms. The zero-order chi connectivity index (χ0) is 15.7. The Balaban J connectivity index is 2.00. The molecule has 118 valence electrons. The molecule has 0 atom stereocenters. The predicted octanol–water partition coefficient (Wildman–Crippen LogP) is 3.24. The van der Waals surface area contributed by atoms with Crippen molar-refractivity contribution in [2.75, 3.05) is 14.2 Å². The van der Waals surface area contributed by atoms with Crippen molar-refractivity contribution in [3.05, 3.63) is 22.4 Å². The molecule has 6 nitrogen and oxygen atoms in total. The van der Waals surface area contributed by atoms with Crippen LogP contribution in [0.5, 0.6) is 11.5 Å². The number of nitrogens with zero attached hydrogens (tertiary/aromatic N) is 2. The first-order chi connectivity index (χ1) is 10.6. The standard InChI is InChI=1S/C15H18BrN3O3/c1-20-10-7-9(8-11(21-2)12(10)16)13-18-14(19-22-13)15(17)5-3-4-6-15/h7-8H,3-6,17H2,1-2H3. The average molecular weight is 368 g/mol. The van der Waals surface area contributed by atoms with Gasteiger partial charge >= 0.3 is 0 Å². The van der Waals surface area contributed by atoms with E-state index in [1.165, 1.54) is 0 Å². The smallest absolute Gasteiger partial charge is 0.258 e. The Kier molecular flexibility index (Phi) is 4.10. The molecule has 0 bridgehead atoms. The summed E-state index contributed by atoms with van der Waals surface area (Å²) in [5, 5.41) is 4.08. The number of halogens is 1. The van der Waals surface area contributed by atoms with E-state index in [4.69, 9.17) is 19.7 Å². The minimum atomic E-state index is -0.467. The van der Waals surface area contributed by atoms with Gasteiger partial charge in [-0.05, 0) is 40.9 Å². The van der Waals surface area contributed by atoms with E-state index in [-0.39, 0.29) is 0 Å². The van der Waals surface area contributed by atoms with Gasteiger partial charge < -0.3 is 19.7 Å². The zero-order valence-electron chi connectivity index (χ0n) is 12.6. The van der Waals surface area contributed by atoms with E-state index in [1.807, 2.05) is 12.1 Å². The van der Waals surface area contributed by atoms with Gasteiger partial charge in [-0.25, -0.2) is 0 Å². The third-order valence-electron chi connectivity index (χ3n) is 4.06. The molecule has 1 fully saturated rings. The molecule has 0 spiro atoms. The van der Waals surface area contributed by atoms with Crippen LogP contribution in [-0.4, -0.2) is 24.4 Å². The van der Waals surface area contributed by atoms with Crippen LogP contribution in [0.1, 0.15) is 31.5 Å². The minimum Gasteiger partial charge on any atom is -0.495 e. The molecule has 0 radical (unpaired) electrons. The topological polar surface area (TPSA) is 83.4 Å². The van der Waals surface area contributed by atoms with Crippen LogP contribution < -0.4 is 15.2 Å². The molecule has 2 N–H and O–H groups in total. The Morgan fingerprint density at radius 2 is 1.77 bits per heavy atom. The van der Waals surface area contributed by atoms with Crippen LogP contribution in [0.25, 0.3) is 11.5 Å². The Labute approximate surface area is 137 Å². The first-order valence-electron chi connectivity index (χ1n) is 7.12. The van der Waals surface area contributed by atoms with E-state index in [1.54, 1.807) is 14.2 Å². The molecule has 1 aliphatic carbocycles. The second-order valence-corrected chi connectivity index (χ2v) is 6.27. The zero-order valence-corrected chi connectivity index (χ0v) is 14.1. The maximum atomic E-state index is 6.37. The summed E-state index contributed by atoms with van der Waals surface area (Å²) < 4.78 is 16.8. The number of ether oxygens (including phenoxy) is 2. The summed E-state index contributed by atoms with van der Waals surface area (Å²) in [7, 11) is 3.19. The Morgan fingerprint density at radius 1 is 1.18 bits per heavy atom. The highest BCUT2D eigenvalue weighted by Crippen LogP contribution is 2.40. The van der Waals surface area contributed by atoms with Gasteiger partial charge in [-0.1, -0.05) is 18.0 Å². The quantitative estimate of drug-likeness (QED) is 0.892. The SMILES string of the molecule is COc1cc(-c2nc(C3(N)CCCC3)no2)cc(OC)c1Br. The molecule has 0 amide bonds. The van der Waals surface area contributed by atoms with Crippen LogP contribution in [0.15, 0.2) is 21.1 Å². The molecule has 1 aromatic heterocycles. The summed E-state index contributed by atoms with van der Waals surface area (Å²) in [5.41, 5.74) is 6.63.